The van der Waals surface area contributed by atoms with Crippen molar-refractivity contribution in [3.63, 3.8) is 0 Å². The maximum Gasteiger partial charge on any atom is 0.201 e. The molecule has 0 saturated carbocycles. The van der Waals surface area contributed by atoms with Gasteiger partial charge in [0.05, 0.1) is 10.6 Å². The van der Waals surface area contributed by atoms with Crippen molar-refractivity contribution >= 4 is 41.1 Å². The first-order chi connectivity index (χ1) is 16.0. The molecule has 0 unspecified atom stereocenters. The first kappa shape index (κ1) is 23.1. The molecule has 0 radical (unpaired) electrons. The Morgan fingerprint density at radius 3 is 2.24 bits per heavy atom. The van der Waals surface area contributed by atoms with Crippen LogP contribution in [0.1, 0.15) is 5.56 Å². The topological polar surface area (TPSA) is 63.3 Å². The predicted molar refractivity (Wildman–Crippen MR) is 136 cm³/mol. The van der Waals surface area contributed by atoms with Crippen molar-refractivity contribution in [1.82, 2.24) is 10.3 Å². The van der Waals surface area contributed by atoms with E-state index in [1.165, 1.54) is 6.07 Å². The first-order valence-electron chi connectivity index (χ1n) is 9.99. The number of nitrogens with zero attached hydrogens (tertiary/aromatic N) is 2. The monoisotopic (exact) mass is 496 g/mol. The highest BCUT2D eigenvalue weighted by Gasteiger charge is 2.11. The summed E-state index contributed by atoms with van der Waals surface area (Å²) in [5.74, 6) is -0.147. The molecule has 8 heteroatoms. The Morgan fingerprint density at radius 2 is 1.58 bits per heavy atom. The van der Waals surface area contributed by atoms with Crippen LogP contribution in [0, 0.1) is 5.82 Å². The van der Waals surface area contributed by atoms with Crippen molar-refractivity contribution in [3.8, 4) is 22.4 Å². The number of rotatable bonds is 6. The summed E-state index contributed by atoms with van der Waals surface area (Å²) >= 11 is 13.1. The number of pyridine rings is 1. The van der Waals surface area contributed by atoms with Gasteiger partial charge in [-0.15, -0.1) is 0 Å². The third kappa shape index (κ3) is 6.05. The second-order valence-corrected chi connectivity index (χ2v) is 8.78. The standard InChI is InChI=1S/C25H19Cl2FN4S/c26-19-9-5-17(6-10-19)21-13-16(14-30-24(21)18-7-11-20(27)12-8-18)15-31-25(29)32-33-23-4-2-1-3-22(23)28/h1-14H,15H2,(H3,29,31,32). The fourth-order valence-electron chi connectivity index (χ4n) is 3.13. The van der Waals surface area contributed by atoms with Crippen molar-refractivity contribution < 1.29 is 4.39 Å². The highest BCUT2D eigenvalue weighted by Crippen LogP contribution is 2.32. The zero-order valence-electron chi connectivity index (χ0n) is 17.3. The van der Waals surface area contributed by atoms with Gasteiger partial charge >= 0.3 is 0 Å². The van der Waals surface area contributed by atoms with Crippen molar-refractivity contribution in [3.05, 3.63) is 106 Å². The molecule has 0 aliphatic carbocycles. The Morgan fingerprint density at radius 1 is 0.939 bits per heavy atom. The van der Waals surface area contributed by atoms with Crippen LogP contribution in [0.25, 0.3) is 22.4 Å². The second kappa shape index (κ2) is 10.7. The summed E-state index contributed by atoms with van der Waals surface area (Å²) < 4.78 is 17.9. The number of hydrogen-bond acceptors (Lipinski definition) is 3. The molecule has 0 saturated heterocycles. The normalized spacial score (nSPS) is 11.4. The summed E-state index contributed by atoms with van der Waals surface area (Å²) in [5.41, 5.74) is 10.6. The molecule has 1 heterocycles. The lowest BCUT2D eigenvalue weighted by atomic mass is 9.98. The summed E-state index contributed by atoms with van der Waals surface area (Å²) in [6.45, 7) is 0.404. The summed E-state index contributed by atoms with van der Waals surface area (Å²) in [7, 11) is 0. The van der Waals surface area contributed by atoms with Gasteiger partial charge < -0.3 is 11.1 Å². The fraction of sp³-hybridized carbons (Fsp3) is 0.0400. The smallest absolute Gasteiger partial charge is 0.201 e. The van der Waals surface area contributed by atoms with E-state index < -0.39 is 0 Å². The molecule has 4 nitrogen and oxygen atoms in total. The van der Waals surface area contributed by atoms with Crippen LogP contribution in [0.15, 0.2) is 94.4 Å². The van der Waals surface area contributed by atoms with E-state index in [1.54, 1.807) is 24.4 Å². The predicted octanol–water partition coefficient (Wildman–Crippen LogP) is 6.97. The fourth-order valence-corrected chi connectivity index (χ4v) is 3.94. The molecular weight excluding hydrogens is 478 g/mol. The van der Waals surface area contributed by atoms with Gasteiger partial charge in [0.15, 0.2) is 0 Å². The Hall–Kier alpha value is -3.06. The SMILES string of the molecule is N/C(=N\Sc1ccccc1F)NCc1cnc(-c2ccc(Cl)cc2)c(-c2ccc(Cl)cc2)c1. The zero-order valence-corrected chi connectivity index (χ0v) is 19.6. The van der Waals surface area contributed by atoms with Gasteiger partial charge in [-0.2, -0.15) is 4.40 Å². The average Bonchev–Trinajstić information content (AvgIpc) is 2.83. The van der Waals surface area contributed by atoms with Gasteiger partial charge in [0.2, 0.25) is 5.96 Å². The largest absolute Gasteiger partial charge is 0.369 e. The summed E-state index contributed by atoms with van der Waals surface area (Å²) in [4.78, 5) is 5.11. The van der Waals surface area contributed by atoms with E-state index in [-0.39, 0.29) is 11.8 Å². The minimum Gasteiger partial charge on any atom is -0.369 e. The number of halogens is 3. The van der Waals surface area contributed by atoms with Crippen LogP contribution < -0.4 is 11.1 Å². The minimum atomic E-state index is -0.339. The van der Waals surface area contributed by atoms with Gasteiger partial charge in [0, 0.05) is 45.9 Å². The molecule has 33 heavy (non-hydrogen) atoms. The number of guanidine groups is 1. The van der Waals surface area contributed by atoms with Crippen LogP contribution in [0.5, 0.6) is 0 Å². The van der Waals surface area contributed by atoms with E-state index in [0.29, 0.717) is 21.5 Å². The van der Waals surface area contributed by atoms with Crippen molar-refractivity contribution in [2.24, 2.45) is 10.1 Å². The van der Waals surface area contributed by atoms with Crippen LogP contribution in [-0.4, -0.2) is 10.9 Å². The summed E-state index contributed by atoms with van der Waals surface area (Å²) in [5, 5.41) is 4.37. The molecule has 3 N–H and O–H groups in total. The number of aromatic nitrogens is 1. The first-order valence-corrected chi connectivity index (χ1v) is 11.5. The number of nitrogens with two attached hydrogens (primary N) is 1. The Kier molecular flexibility index (Phi) is 7.50. The van der Waals surface area contributed by atoms with E-state index in [4.69, 9.17) is 33.9 Å². The quantitative estimate of drug-likeness (QED) is 0.172. The second-order valence-electron chi connectivity index (χ2n) is 7.11. The van der Waals surface area contributed by atoms with Gasteiger partial charge in [-0.3, -0.25) is 4.98 Å². The van der Waals surface area contributed by atoms with E-state index in [0.717, 1.165) is 39.9 Å². The molecule has 4 aromatic rings. The van der Waals surface area contributed by atoms with Gasteiger partial charge in [-0.25, -0.2) is 4.39 Å². The molecule has 4 rings (SSSR count). The third-order valence-corrected chi connectivity index (χ3v) is 6.09. The molecule has 0 amide bonds. The molecule has 0 bridgehead atoms. The van der Waals surface area contributed by atoms with Crippen LogP contribution in [-0.2, 0) is 6.54 Å². The van der Waals surface area contributed by atoms with E-state index in [2.05, 4.69) is 9.71 Å². The molecule has 0 spiro atoms. The lowest BCUT2D eigenvalue weighted by Gasteiger charge is -2.13. The van der Waals surface area contributed by atoms with Crippen LogP contribution >= 0.6 is 35.1 Å². The third-order valence-electron chi connectivity index (χ3n) is 4.77. The number of nitrogens with one attached hydrogen (secondary N) is 1. The van der Waals surface area contributed by atoms with Crippen LogP contribution in [0.4, 0.5) is 4.39 Å². The van der Waals surface area contributed by atoms with Crippen LogP contribution in [0.3, 0.4) is 0 Å². The number of hydrogen-bond donors (Lipinski definition) is 2. The van der Waals surface area contributed by atoms with Crippen molar-refractivity contribution in [1.29, 1.82) is 0 Å². The maximum atomic E-state index is 13.7. The van der Waals surface area contributed by atoms with Gasteiger partial charge in [0.1, 0.15) is 5.82 Å². The average molecular weight is 497 g/mol. The lowest BCUT2D eigenvalue weighted by Crippen LogP contribution is -2.30. The Bertz CT molecular complexity index is 1280. The number of benzene rings is 3. The molecular formula is C25H19Cl2FN4S. The summed E-state index contributed by atoms with van der Waals surface area (Å²) in [6.07, 6.45) is 1.79. The minimum absolute atomic E-state index is 0.193. The highest BCUT2D eigenvalue weighted by atomic mass is 35.5. The molecule has 0 aliphatic rings. The van der Waals surface area contributed by atoms with E-state index in [9.17, 15) is 4.39 Å². The molecule has 1 aromatic heterocycles. The van der Waals surface area contributed by atoms with E-state index >= 15 is 0 Å². The van der Waals surface area contributed by atoms with Gasteiger partial charge in [0.25, 0.3) is 0 Å². The Labute approximate surface area is 205 Å². The summed E-state index contributed by atoms with van der Waals surface area (Å²) in [6, 6.07) is 23.6. The van der Waals surface area contributed by atoms with Crippen molar-refractivity contribution in [2.45, 2.75) is 11.4 Å². The molecule has 0 atom stereocenters. The van der Waals surface area contributed by atoms with Gasteiger partial charge in [-0.05, 0) is 53.6 Å². The maximum absolute atomic E-state index is 13.7. The highest BCUT2D eigenvalue weighted by molar-refractivity contribution is 7.98. The van der Waals surface area contributed by atoms with Crippen molar-refractivity contribution in [2.75, 3.05) is 0 Å². The molecule has 3 aromatic carbocycles. The lowest BCUT2D eigenvalue weighted by molar-refractivity contribution is 0.602. The molecule has 166 valence electrons. The Balaban J connectivity index is 1.57. The molecule has 0 aliphatic heterocycles. The molecule has 0 fully saturated rings. The van der Waals surface area contributed by atoms with Gasteiger partial charge in [-0.1, -0.05) is 59.6 Å². The zero-order chi connectivity index (χ0) is 23.2. The van der Waals surface area contributed by atoms with Crippen LogP contribution in [0.2, 0.25) is 10.0 Å². The van der Waals surface area contributed by atoms with E-state index in [1.807, 2.05) is 54.6 Å².